The van der Waals surface area contributed by atoms with Crippen LogP contribution >= 0.6 is 0 Å². The number of benzene rings is 1. The summed E-state index contributed by atoms with van der Waals surface area (Å²) in [6, 6.07) is 7.95. The lowest BCUT2D eigenvalue weighted by Crippen LogP contribution is -2.25. The van der Waals surface area contributed by atoms with Crippen molar-refractivity contribution in [3.05, 3.63) is 69.9 Å². The Morgan fingerprint density at radius 2 is 2.15 bits per heavy atom. The molecular weight excluding hydrogens is 348 g/mol. The van der Waals surface area contributed by atoms with Crippen LogP contribution < -0.4 is 5.32 Å². The second-order valence-electron chi connectivity index (χ2n) is 6.33. The Bertz CT molecular complexity index is 989. The minimum absolute atomic E-state index is 0.0711. The maximum absolute atomic E-state index is 11.5. The molecule has 0 saturated heterocycles. The molecule has 1 aliphatic rings. The van der Waals surface area contributed by atoms with Crippen molar-refractivity contribution in [3.63, 3.8) is 0 Å². The average Bonchev–Trinajstić information content (AvgIpc) is 3.29. The Kier molecular flexibility index (Phi) is 4.28. The molecule has 4 rings (SSSR count). The predicted octanol–water partition coefficient (Wildman–Crippen LogP) is 2.60. The fourth-order valence-corrected chi connectivity index (χ4v) is 3.48. The van der Waals surface area contributed by atoms with E-state index in [1.54, 1.807) is 26.4 Å². The zero-order valence-corrected chi connectivity index (χ0v) is 14.9. The molecule has 0 saturated carbocycles. The van der Waals surface area contributed by atoms with Gasteiger partial charge in [0, 0.05) is 25.9 Å². The highest BCUT2D eigenvalue weighted by Gasteiger charge is 2.33. The third kappa shape index (κ3) is 3.02. The lowest BCUT2D eigenvalue weighted by molar-refractivity contribution is -0.385. The Morgan fingerprint density at radius 1 is 1.33 bits per heavy atom. The minimum Gasteiger partial charge on any atom is -0.379 e. The van der Waals surface area contributed by atoms with Gasteiger partial charge in [-0.1, -0.05) is 24.3 Å². The molecule has 0 fully saturated rings. The highest BCUT2D eigenvalue weighted by molar-refractivity contribution is 5.54. The van der Waals surface area contributed by atoms with Gasteiger partial charge in [-0.15, -0.1) is 0 Å². The Labute approximate surface area is 155 Å². The molecule has 9 nitrogen and oxygen atoms in total. The van der Waals surface area contributed by atoms with Crippen LogP contribution in [0.5, 0.6) is 0 Å². The fourth-order valence-electron chi connectivity index (χ4n) is 3.48. The average molecular weight is 366 g/mol. The van der Waals surface area contributed by atoms with E-state index in [4.69, 9.17) is 4.74 Å². The van der Waals surface area contributed by atoms with Gasteiger partial charge in [-0.3, -0.25) is 14.7 Å². The SMILES string of the molecule is CO[C@@H]1Cc2ccccc2[C@@H]1Nc1nc(C)c([N+](=O)[O-])c(-n2ccnc2)n1. The van der Waals surface area contributed by atoms with Crippen LogP contribution in [0.4, 0.5) is 11.6 Å². The first-order valence-corrected chi connectivity index (χ1v) is 8.47. The van der Waals surface area contributed by atoms with Gasteiger partial charge in [0.2, 0.25) is 11.8 Å². The number of rotatable bonds is 5. The van der Waals surface area contributed by atoms with Crippen molar-refractivity contribution in [2.24, 2.45) is 0 Å². The number of aryl methyl sites for hydroxylation is 1. The zero-order valence-electron chi connectivity index (χ0n) is 14.9. The van der Waals surface area contributed by atoms with E-state index >= 15 is 0 Å². The van der Waals surface area contributed by atoms with E-state index in [0.29, 0.717) is 5.95 Å². The molecule has 0 amide bonds. The van der Waals surface area contributed by atoms with Crippen molar-refractivity contribution < 1.29 is 9.66 Å². The lowest BCUT2D eigenvalue weighted by atomic mass is 10.1. The van der Waals surface area contributed by atoms with Crippen LogP contribution in [-0.2, 0) is 11.2 Å². The van der Waals surface area contributed by atoms with Crippen LogP contribution in [0.3, 0.4) is 0 Å². The highest BCUT2D eigenvalue weighted by Crippen LogP contribution is 2.35. The normalized spacial score (nSPS) is 18.3. The number of ether oxygens (including phenoxy) is 1. The maximum Gasteiger partial charge on any atom is 0.333 e. The number of nitrogens with one attached hydrogen (secondary N) is 1. The summed E-state index contributed by atoms with van der Waals surface area (Å²) in [5.41, 5.74) is 2.46. The summed E-state index contributed by atoms with van der Waals surface area (Å²) in [5, 5.41) is 14.8. The largest absolute Gasteiger partial charge is 0.379 e. The van der Waals surface area contributed by atoms with Gasteiger partial charge < -0.3 is 10.1 Å². The van der Waals surface area contributed by atoms with Crippen molar-refractivity contribution in [3.8, 4) is 5.82 Å². The molecule has 2 atom stereocenters. The molecule has 1 N–H and O–H groups in total. The number of imidazole rings is 1. The predicted molar refractivity (Wildman–Crippen MR) is 97.9 cm³/mol. The highest BCUT2D eigenvalue weighted by atomic mass is 16.6. The molecule has 3 aromatic rings. The number of fused-ring (bicyclic) bond motifs is 1. The molecule has 138 valence electrons. The third-order valence-corrected chi connectivity index (χ3v) is 4.74. The van der Waals surface area contributed by atoms with E-state index in [2.05, 4.69) is 26.3 Å². The lowest BCUT2D eigenvalue weighted by Gasteiger charge is -2.21. The second-order valence-corrected chi connectivity index (χ2v) is 6.33. The van der Waals surface area contributed by atoms with Gasteiger partial charge in [0.25, 0.3) is 0 Å². The van der Waals surface area contributed by atoms with Gasteiger partial charge in [0.15, 0.2) is 0 Å². The van der Waals surface area contributed by atoms with E-state index in [-0.39, 0.29) is 29.3 Å². The Morgan fingerprint density at radius 3 is 2.85 bits per heavy atom. The molecule has 0 unspecified atom stereocenters. The molecule has 9 heteroatoms. The monoisotopic (exact) mass is 366 g/mol. The topological polar surface area (TPSA) is 108 Å². The van der Waals surface area contributed by atoms with Gasteiger partial charge >= 0.3 is 5.69 Å². The number of hydrogen-bond donors (Lipinski definition) is 1. The summed E-state index contributed by atoms with van der Waals surface area (Å²) < 4.78 is 7.14. The standard InChI is InChI=1S/C18H18N6O3/c1-11-16(24(25)26)17(23-8-7-19-10-23)22-18(20-11)21-15-13-6-4-3-5-12(13)9-14(15)27-2/h3-8,10,14-15H,9H2,1-2H3,(H,20,21,22)/t14-,15+/m1/s1. The van der Waals surface area contributed by atoms with Crippen LogP contribution in [0.15, 0.2) is 43.0 Å². The fraction of sp³-hybridized carbons (Fsp3) is 0.278. The third-order valence-electron chi connectivity index (χ3n) is 4.74. The van der Waals surface area contributed by atoms with Crippen LogP contribution in [0.2, 0.25) is 0 Å². The number of nitrogens with zero attached hydrogens (tertiary/aromatic N) is 5. The second kappa shape index (κ2) is 6.76. The van der Waals surface area contributed by atoms with Gasteiger partial charge in [0.1, 0.15) is 12.0 Å². The first kappa shape index (κ1) is 17.1. The van der Waals surface area contributed by atoms with E-state index in [1.165, 1.54) is 16.5 Å². The minimum atomic E-state index is -0.475. The molecule has 1 aliphatic carbocycles. The van der Waals surface area contributed by atoms with Crippen LogP contribution in [0, 0.1) is 17.0 Å². The molecule has 2 aromatic heterocycles. The summed E-state index contributed by atoms with van der Waals surface area (Å²) in [5.74, 6) is 0.485. The molecule has 0 aliphatic heterocycles. The maximum atomic E-state index is 11.5. The molecule has 0 bridgehead atoms. The van der Waals surface area contributed by atoms with Crippen molar-refractivity contribution in [1.29, 1.82) is 0 Å². The number of anilines is 1. The van der Waals surface area contributed by atoms with Gasteiger partial charge in [0.05, 0.1) is 17.1 Å². The quantitative estimate of drug-likeness (QED) is 0.546. The van der Waals surface area contributed by atoms with Gasteiger partial charge in [-0.2, -0.15) is 4.98 Å². The van der Waals surface area contributed by atoms with Gasteiger partial charge in [-0.25, -0.2) is 9.97 Å². The number of hydrogen-bond acceptors (Lipinski definition) is 7. The summed E-state index contributed by atoms with van der Waals surface area (Å²) >= 11 is 0. The van der Waals surface area contributed by atoms with Crippen molar-refractivity contribution >= 4 is 11.6 Å². The van der Waals surface area contributed by atoms with Crippen molar-refractivity contribution in [1.82, 2.24) is 19.5 Å². The summed E-state index contributed by atoms with van der Waals surface area (Å²) in [6.07, 6.45) is 5.34. The molecule has 0 spiro atoms. The van der Waals surface area contributed by atoms with Crippen molar-refractivity contribution in [2.45, 2.75) is 25.5 Å². The molecule has 0 radical (unpaired) electrons. The van der Waals surface area contributed by atoms with Crippen LogP contribution in [0.1, 0.15) is 22.9 Å². The molecule has 1 aromatic carbocycles. The number of methoxy groups -OCH3 is 1. The van der Waals surface area contributed by atoms with E-state index in [9.17, 15) is 10.1 Å². The van der Waals surface area contributed by atoms with E-state index < -0.39 is 4.92 Å². The number of nitro groups is 1. The van der Waals surface area contributed by atoms with Crippen molar-refractivity contribution in [2.75, 3.05) is 12.4 Å². The van der Waals surface area contributed by atoms with Gasteiger partial charge in [-0.05, 0) is 18.1 Å². The Balaban J connectivity index is 1.76. The number of aromatic nitrogens is 4. The van der Waals surface area contributed by atoms with Crippen LogP contribution in [-0.4, -0.2) is 37.7 Å². The van der Waals surface area contributed by atoms with E-state index in [1.807, 2.05) is 18.2 Å². The summed E-state index contributed by atoms with van der Waals surface area (Å²) in [7, 11) is 1.67. The first-order chi connectivity index (χ1) is 13.1. The first-order valence-electron chi connectivity index (χ1n) is 8.47. The van der Waals surface area contributed by atoms with Crippen LogP contribution in [0.25, 0.3) is 5.82 Å². The molecular formula is C18H18N6O3. The smallest absolute Gasteiger partial charge is 0.333 e. The summed E-state index contributed by atoms with van der Waals surface area (Å²) in [6.45, 7) is 1.60. The molecule has 2 heterocycles. The Hall–Kier alpha value is -3.33. The zero-order chi connectivity index (χ0) is 19.0. The van der Waals surface area contributed by atoms with E-state index in [0.717, 1.165) is 12.0 Å². The molecule has 27 heavy (non-hydrogen) atoms. The summed E-state index contributed by atoms with van der Waals surface area (Å²) in [4.78, 5) is 23.7.